The van der Waals surface area contributed by atoms with Crippen LogP contribution in [0.25, 0.3) is 10.2 Å². The predicted octanol–water partition coefficient (Wildman–Crippen LogP) is 1.58. The maximum atomic E-state index is 9.00. The molecular weight excluding hydrogens is 358 g/mol. The van der Waals surface area contributed by atoms with E-state index in [1.807, 2.05) is 11.3 Å². The van der Waals surface area contributed by atoms with Gasteiger partial charge in [0.2, 0.25) is 0 Å². The molecule has 7 heteroatoms. The number of thiophene rings is 1. The van der Waals surface area contributed by atoms with E-state index < -0.39 is 0 Å². The van der Waals surface area contributed by atoms with Crippen molar-refractivity contribution in [2.24, 2.45) is 5.92 Å². The molecular formula is C20H28N5OS+. The molecule has 0 spiro atoms. The van der Waals surface area contributed by atoms with Gasteiger partial charge in [0, 0.05) is 18.5 Å². The maximum Gasteiger partial charge on any atom is 0.187 e. The van der Waals surface area contributed by atoms with Crippen LogP contribution in [0.3, 0.4) is 0 Å². The van der Waals surface area contributed by atoms with Crippen LogP contribution in [0.15, 0.2) is 0 Å². The quantitative estimate of drug-likeness (QED) is 0.845. The van der Waals surface area contributed by atoms with Gasteiger partial charge in [-0.25, -0.2) is 9.97 Å². The van der Waals surface area contributed by atoms with Gasteiger partial charge in [-0.05, 0) is 30.7 Å². The van der Waals surface area contributed by atoms with Gasteiger partial charge in [0.25, 0.3) is 0 Å². The first-order valence-corrected chi connectivity index (χ1v) is 10.8. The lowest BCUT2D eigenvalue weighted by molar-refractivity contribution is -0.922. The molecule has 1 aliphatic carbocycles. The van der Waals surface area contributed by atoms with Gasteiger partial charge < -0.3 is 14.5 Å². The summed E-state index contributed by atoms with van der Waals surface area (Å²) in [6.45, 7) is 7.55. The van der Waals surface area contributed by atoms with Crippen molar-refractivity contribution in [1.82, 2.24) is 9.97 Å². The van der Waals surface area contributed by atoms with Gasteiger partial charge in [0.05, 0.1) is 31.1 Å². The SMILES string of the molecule is C[C@@H]1CCc2c(sc3nc(C[NH+]4CCOCC4)nc(N(C)CCC#N)c23)C1. The normalized spacial score (nSPS) is 20.4. The molecule has 2 aromatic rings. The standard InChI is InChI=1S/C20H27N5OS/c1-14-4-5-15-16(12-14)27-20-18(15)19(24(2)7-3-6-21)22-17(23-20)13-25-8-10-26-11-9-25/h14H,3-5,7-13H2,1-2H3/p+1/t14-/m1/s1. The number of quaternary nitrogens is 1. The summed E-state index contributed by atoms with van der Waals surface area (Å²) < 4.78 is 5.48. The number of nitrogens with one attached hydrogen (secondary N) is 1. The van der Waals surface area contributed by atoms with E-state index in [4.69, 9.17) is 20.0 Å². The Morgan fingerprint density at radius 1 is 1.33 bits per heavy atom. The van der Waals surface area contributed by atoms with Crippen molar-refractivity contribution in [3.05, 3.63) is 16.3 Å². The lowest BCUT2D eigenvalue weighted by Crippen LogP contribution is -3.12. The molecule has 6 nitrogen and oxygen atoms in total. The number of morpholine rings is 1. The second-order valence-electron chi connectivity index (χ2n) is 7.86. The number of hydrogen-bond donors (Lipinski definition) is 1. The lowest BCUT2D eigenvalue weighted by atomic mass is 9.89. The summed E-state index contributed by atoms with van der Waals surface area (Å²) in [5.41, 5.74) is 1.46. The van der Waals surface area contributed by atoms with Crippen LogP contribution in [-0.4, -0.2) is 49.9 Å². The Morgan fingerprint density at radius 3 is 2.93 bits per heavy atom. The van der Waals surface area contributed by atoms with Crippen molar-refractivity contribution in [2.45, 2.75) is 39.2 Å². The number of aryl methyl sites for hydroxylation is 1. The van der Waals surface area contributed by atoms with Crippen LogP contribution in [0.4, 0.5) is 5.82 Å². The van der Waals surface area contributed by atoms with Crippen LogP contribution < -0.4 is 9.80 Å². The third-order valence-electron chi connectivity index (χ3n) is 5.71. The number of nitrogens with zero attached hydrogens (tertiary/aromatic N) is 4. The molecule has 1 N–H and O–H groups in total. The van der Waals surface area contributed by atoms with Crippen molar-refractivity contribution < 1.29 is 9.64 Å². The second-order valence-corrected chi connectivity index (χ2v) is 8.95. The number of ether oxygens (including phenoxy) is 1. The van der Waals surface area contributed by atoms with Crippen LogP contribution in [0.2, 0.25) is 0 Å². The van der Waals surface area contributed by atoms with Gasteiger partial charge in [-0.1, -0.05) is 6.92 Å². The van der Waals surface area contributed by atoms with E-state index in [9.17, 15) is 0 Å². The molecule has 0 saturated carbocycles. The molecule has 1 saturated heterocycles. The van der Waals surface area contributed by atoms with Gasteiger partial charge in [-0.3, -0.25) is 0 Å². The van der Waals surface area contributed by atoms with Gasteiger partial charge in [0.1, 0.15) is 30.3 Å². The lowest BCUT2D eigenvalue weighted by Gasteiger charge is -2.24. The summed E-state index contributed by atoms with van der Waals surface area (Å²) in [5.74, 6) is 2.69. The monoisotopic (exact) mass is 386 g/mol. The van der Waals surface area contributed by atoms with E-state index in [0.717, 1.165) is 68.1 Å². The van der Waals surface area contributed by atoms with Gasteiger partial charge in [-0.2, -0.15) is 5.26 Å². The van der Waals surface area contributed by atoms with E-state index in [0.29, 0.717) is 13.0 Å². The van der Waals surface area contributed by atoms with E-state index in [1.54, 1.807) is 0 Å². The molecule has 3 heterocycles. The zero-order valence-electron chi connectivity index (χ0n) is 16.3. The van der Waals surface area contributed by atoms with Crippen molar-refractivity contribution >= 4 is 27.4 Å². The first kappa shape index (κ1) is 18.6. The number of nitriles is 1. The van der Waals surface area contributed by atoms with E-state index >= 15 is 0 Å². The summed E-state index contributed by atoms with van der Waals surface area (Å²) in [7, 11) is 2.06. The summed E-state index contributed by atoms with van der Waals surface area (Å²) in [4.78, 5) is 16.2. The average molecular weight is 387 g/mol. The molecule has 0 aromatic carbocycles. The third-order valence-corrected chi connectivity index (χ3v) is 6.86. The highest BCUT2D eigenvalue weighted by molar-refractivity contribution is 7.19. The Morgan fingerprint density at radius 2 is 2.15 bits per heavy atom. The Kier molecular flexibility index (Phi) is 5.58. The molecule has 2 aromatic heterocycles. The van der Waals surface area contributed by atoms with Crippen molar-refractivity contribution in [1.29, 1.82) is 5.26 Å². The predicted molar refractivity (Wildman–Crippen MR) is 107 cm³/mol. The van der Waals surface area contributed by atoms with Crippen LogP contribution in [0.5, 0.6) is 0 Å². The first-order valence-electron chi connectivity index (χ1n) is 9.96. The Labute approximate surface area is 164 Å². The number of fused-ring (bicyclic) bond motifs is 3. The second kappa shape index (κ2) is 8.09. The number of anilines is 1. The van der Waals surface area contributed by atoms with Crippen LogP contribution in [-0.2, 0) is 24.1 Å². The summed E-state index contributed by atoms with van der Waals surface area (Å²) >= 11 is 1.86. The fourth-order valence-electron chi connectivity index (χ4n) is 4.11. The molecule has 27 heavy (non-hydrogen) atoms. The third kappa shape index (κ3) is 3.93. The molecule has 1 fully saturated rings. The molecule has 4 rings (SSSR count). The highest BCUT2D eigenvalue weighted by atomic mass is 32.1. The molecule has 144 valence electrons. The van der Waals surface area contributed by atoms with Gasteiger partial charge in [0.15, 0.2) is 5.82 Å². The summed E-state index contributed by atoms with van der Waals surface area (Å²) in [6, 6.07) is 2.26. The highest BCUT2D eigenvalue weighted by Crippen LogP contribution is 2.40. The molecule has 0 radical (unpaired) electrons. The Balaban J connectivity index is 1.73. The number of rotatable bonds is 5. The largest absolute Gasteiger partial charge is 0.370 e. The maximum absolute atomic E-state index is 9.00. The highest BCUT2D eigenvalue weighted by Gasteiger charge is 2.26. The molecule has 0 unspecified atom stereocenters. The summed E-state index contributed by atoms with van der Waals surface area (Å²) in [5, 5.41) is 10.2. The van der Waals surface area contributed by atoms with E-state index in [2.05, 4.69) is 24.9 Å². The van der Waals surface area contributed by atoms with Crippen molar-refractivity contribution in [3.8, 4) is 6.07 Å². The molecule has 0 bridgehead atoms. The van der Waals surface area contributed by atoms with Crippen LogP contribution in [0, 0.1) is 17.2 Å². The van der Waals surface area contributed by atoms with Crippen molar-refractivity contribution in [3.63, 3.8) is 0 Å². The average Bonchev–Trinajstić information content (AvgIpc) is 3.03. The zero-order valence-corrected chi connectivity index (χ0v) is 17.1. The minimum absolute atomic E-state index is 0.509. The Hall–Kier alpha value is -1.75. The first-order chi connectivity index (χ1) is 13.2. The fourth-order valence-corrected chi connectivity index (χ4v) is 5.50. The topological polar surface area (TPSA) is 66.5 Å². The summed E-state index contributed by atoms with van der Waals surface area (Å²) in [6.07, 6.45) is 4.02. The van der Waals surface area contributed by atoms with Crippen molar-refractivity contribution in [2.75, 3.05) is 44.8 Å². The molecule has 0 amide bonds. The smallest absolute Gasteiger partial charge is 0.187 e. The minimum atomic E-state index is 0.509. The molecule has 1 aliphatic heterocycles. The number of hydrogen-bond acceptors (Lipinski definition) is 6. The van der Waals surface area contributed by atoms with Crippen LogP contribution in [0.1, 0.15) is 36.0 Å². The van der Waals surface area contributed by atoms with Crippen LogP contribution >= 0.6 is 11.3 Å². The zero-order chi connectivity index (χ0) is 18.8. The minimum Gasteiger partial charge on any atom is -0.370 e. The van der Waals surface area contributed by atoms with E-state index in [1.165, 1.54) is 27.1 Å². The molecule has 2 aliphatic rings. The fraction of sp³-hybridized carbons (Fsp3) is 0.650. The van der Waals surface area contributed by atoms with Gasteiger partial charge >= 0.3 is 0 Å². The Bertz CT molecular complexity index is 852. The van der Waals surface area contributed by atoms with Gasteiger partial charge in [-0.15, -0.1) is 11.3 Å². The van der Waals surface area contributed by atoms with E-state index in [-0.39, 0.29) is 0 Å². The molecule has 1 atom stereocenters. The number of aromatic nitrogens is 2.